The minimum atomic E-state index is 0.372. The highest BCUT2D eigenvalue weighted by atomic mass is 32.2. The topological polar surface area (TPSA) is 41.1 Å². The van der Waals surface area contributed by atoms with Gasteiger partial charge in [0.1, 0.15) is 5.82 Å². The SMILES string of the molecule is CCNCCCc1c(C)nc(C2CSCCN2C)nc1C. The van der Waals surface area contributed by atoms with E-state index in [4.69, 9.17) is 9.97 Å². The third kappa shape index (κ3) is 4.41. The average molecular weight is 308 g/mol. The number of nitrogens with one attached hydrogen (secondary N) is 1. The smallest absolute Gasteiger partial charge is 0.146 e. The fraction of sp³-hybridized carbons (Fsp3) is 0.750. The molecule has 4 nitrogen and oxygen atoms in total. The third-order valence-corrected chi connectivity index (χ3v) is 5.19. The number of thioether (sulfide) groups is 1. The molecule has 0 radical (unpaired) electrons. The summed E-state index contributed by atoms with van der Waals surface area (Å²) in [5, 5.41) is 3.38. The van der Waals surface area contributed by atoms with Crippen molar-refractivity contribution in [3.63, 3.8) is 0 Å². The molecule has 0 aliphatic carbocycles. The first-order valence-electron chi connectivity index (χ1n) is 7.96. The van der Waals surface area contributed by atoms with Crippen molar-refractivity contribution in [3.8, 4) is 0 Å². The molecule has 1 aromatic rings. The highest BCUT2D eigenvalue weighted by Gasteiger charge is 2.24. The molecule has 0 bridgehead atoms. The van der Waals surface area contributed by atoms with Crippen LogP contribution in [0.15, 0.2) is 0 Å². The summed E-state index contributed by atoms with van der Waals surface area (Å²) in [6, 6.07) is 0.372. The van der Waals surface area contributed by atoms with Crippen LogP contribution in [-0.2, 0) is 6.42 Å². The van der Waals surface area contributed by atoms with Crippen LogP contribution in [0.25, 0.3) is 0 Å². The minimum Gasteiger partial charge on any atom is -0.317 e. The van der Waals surface area contributed by atoms with Gasteiger partial charge in [-0.1, -0.05) is 6.92 Å². The Morgan fingerprint density at radius 1 is 1.29 bits per heavy atom. The molecular formula is C16H28N4S. The van der Waals surface area contributed by atoms with Gasteiger partial charge in [0.25, 0.3) is 0 Å². The van der Waals surface area contributed by atoms with Crippen LogP contribution in [0, 0.1) is 13.8 Å². The normalized spacial score (nSPS) is 19.9. The van der Waals surface area contributed by atoms with Gasteiger partial charge in [0.15, 0.2) is 0 Å². The maximum absolute atomic E-state index is 4.82. The van der Waals surface area contributed by atoms with Crippen LogP contribution in [-0.4, -0.2) is 53.1 Å². The van der Waals surface area contributed by atoms with Gasteiger partial charge in [0.05, 0.1) is 6.04 Å². The summed E-state index contributed by atoms with van der Waals surface area (Å²) < 4.78 is 0. The largest absolute Gasteiger partial charge is 0.317 e. The molecule has 0 aromatic carbocycles. The van der Waals surface area contributed by atoms with Gasteiger partial charge in [-0.2, -0.15) is 11.8 Å². The van der Waals surface area contributed by atoms with E-state index in [1.165, 1.54) is 11.3 Å². The Balaban J connectivity index is 2.09. The summed E-state index contributed by atoms with van der Waals surface area (Å²) in [4.78, 5) is 12.0. The predicted molar refractivity (Wildman–Crippen MR) is 91.1 cm³/mol. The number of rotatable bonds is 6. The van der Waals surface area contributed by atoms with E-state index in [-0.39, 0.29) is 0 Å². The molecule has 0 amide bonds. The lowest BCUT2D eigenvalue weighted by Crippen LogP contribution is -2.34. The molecule has 1 aromatic heterocycles. The molecule has 1 aliphatic rings. The number of hydrogen-bond donors (Lipinski definition) is 1. The van der Waals surface area contributed by atoms with Crippen molar-refractivity contribution in [3.05, 3.63) is 22.8 Å². The first-order chi connectivity index (χ1) is 10.1. The minimum absolute atomic E-state index is 0.372. The maximum atomic E-state index is 4.82. The molecular weight excluding hydrogens is 280 g/mol. The van der Waals surface area contributed by atoms with Crippen molar-refractivity contribution in [2.45, 2.75) is 39.7 Å². The van der Waals surface area contributed by atoms with E-state index in [2.05, 4.69) is 38.0 Å². The lowest BCUT2D eigenvalue weighted by Gasteiger charge is -2.31. The van der Waals surface area contributed by atoms with Crippen molar-refractivity contribution in [2.24, 2.45) is 0 Å². The van der Waals surface area contributed by atoms with E-state index < -0.39 is 0 Å². The Labute approximate surface area is 133 Å². The highest BCUT2D eigenvalue weighted by Crippen LogP contribution is 2.27. The molecule has 118 valence electrons. The van der Waals surface area contributed by atoms with Crippen molar-refractivity contribution < 1.29 is 0 Å². The van der Waals surface area contributed by atoms with Gasteiger partial charge in [-0.25, -0.2) is 9.97 Å². The van der Waals surface area contributed by atoms with Crippen molar-refractivity contribution >= 4 is 11.8 Å². The van der Waals surface area contributed by atoms with Crippen LogP contribution in [0.3, 0.4) is 0 Å². The third-order valence-electron chi connectivity index (χ3n) is 4.16. The summed E-state index contributed by atoms with van der Waals surface area (Å²) in [7, 11) is 2.18. The quantitative estimate of drug-likeness (QED) is 0.817. The Bertz CT molecular complexity index is 441. The van der Waals surface area contributed by atoms with Gasteiger partial charge in [-0.3, -0.25) is 4.90 Å². The number of aryl methyl sites for hydroxylation is 2. The van der Waals surface area contributed by atoms with Crippen molar-refractivity contribution in [1.82, 2.24) is 20.2 Å². The molecule has 5 heteroatoms. The lowest BCUT2D eigenvalue weighted by atomic mass is 10.1. The van der Waals surface area contributed by atoms with Gasteiger partial charge in [0, 0.05) is 29.4 Å². The number of aromatic nitrogens is 2. The first-order valence-corrected chi connectivity index (χ1v) is 9.11. The van der Waals surface area contributed by atoms with Gasteiger partial charge >= 0.3 is 0 Å². The van der Waals surface area contributed by atoms with Crippen LogP contribution < -0.4 is 5.32 Å². The standard InChI is InChI=1S/C16H28N4S/c1-5-17-8-6-7-14-12(2)18-16(19-13(14)3)15-11-21-10-9-20(15)4/h15,17H,5-11H2,1-4H3. The Hall–Kier alpha value is -0.650. The van der Waals surface area contributed by atoms with E-state index in [1.807, 2.05) is 11.8 Å². The Morgan fingerprint density at radius 2 is 2.00 bits per heavy atom. The summed E-state index contributed by atoms with van der Waals surface area (Å²) in [6.45, 7) is 9.65. The summed E-state index contributed by atoms with van der Waals surface area (Å²) >= 11 is 2.01. The van der Waals surface area contributed by atoms with Gasteiger partial charge in [0.2, 0.25) is 0 Å². The van der Waals surface area contributed by atoms with Crippen LogP contribution in [0.1, 0.15) is 42.2 Å². The van der Waals surface area contributed by atoms with E-state index in [1.54, 1.807) is 0 Å². The number of nitrogens with zero attached hydrogens (tertiary/aromatic N) is 3. The second-order valence-corrected chi connectivity index (χ2v) is 6.91. The van der Waals surface area contributed by atoms with Crippen LogP contribution in [0.2, 0.25) is 0 Å². The molecule has 1 aliphatic heterocycles. The Morgan fingerprint density at radius 3 is 2.62 bits per heavy atom. The molecule has 21 heavy (non-hydrogen) atoms. The summed E-state index contributed by atoms with van der Waals surface area (Å²) in [5.74, 6) is 3.33. The number of hydrogen-bond acceptors (Lipinski definition) is 5. The zero-order valence-electron chi connectivity index (χ0n) is 13.8. The molecule has 1 N–H and O–H groups in total. The van der Waals surface area contributed by atoms with E-state index >= 15 is 0 Å². The maximum Gasteiger partial charge on any atom is 0.146 e. The molecule has 1 unspecified atom stereocenters. The van der Waals surface area contributed by atoms with Gasteiger partial charge < -0.3 is 5.32 Å². The lowest BCUT2D eigenvalue weighted by molar-refractivity contribution is 0.264. The molecule has 1 atom stereocenters. The monoisotopic (exact) mass is 308 g/mol. The first kappa shape index (κ1) is 16.7. The average Bonchev–Trinajstić information content (AvgIpc) is 2.46. The van der Waals surface area contributed by atoms with Gasteiger partial charge in [-0.05, 0) is 52.4 Å². The molecule has 1 fully saturated rings. The second-order valence-electron chi connectivity index (χ2n) is 5.76. The molecule has 2 rings (SSSR count). The predicted octanol–water partition coefficient (Wildman–Crippen LogP) is 2.36. The van der Waals surface area contributed by atoms with Crippen molar-refractivity contribution in [1.29, 1.82) is 0 Å². The zero-order valence-corrected chi connectivity index (χ0v) is 14.6. The zero-order chi connectivity index (χ0) is 15.2. The molecule has 0 spiro atoms. The van der Waals surface area contributed by atoms with Crippen LogP contribution >= 0.6 is 11.8 Å². The fourth-order valence-electron chi connectivity index (χ4n) is 2.80. The molecule has 0 saturated carbocycles. The highest BCUT2D eigenvalue weighted by molar-refractivity contribution is 7.99. The second kappa shape index (κ2) is 8.11. The van der Waals surface area contributed by atoms with E-state index in [0.29, 0.717) is 6.04 Å². The van der Waals surface area contributed by atoms with Gasteiger partial charge in [-0.15, -0.1) is 0 Å². The fourth-order valence-corrected chi connectivity index (χ4v) is 4.01. The van der Waals surface area contributed by atoms with E-state index in [9.17, 15) is 0 Å². The summed E-state index contributed by atoms with van der Waals surface area (Å²) in [6.07, 6.45) is 2.22. The Kier molecular flexibility index (Phi) is 6.45. The molecule has 2 heterocycles. The van der Waals surface area contributed by atoms with Crippen molar-refractivity contribution in [2.75, 3.05) is 38.2 Å². The summed E-state index contributed by atoms with van der Waals surface area (Å²) in [5.41, 5.74) is 3.67. The van der Waals surface area contributed by atoms with Crippen LogP contribution in [0.4, 0.5) is 0 Å². The molecule has 1 saturated heterocycles. The van der Waals surface area contributed by atoms with E-state index in [0.717, 1.165) is 55.4 Å². The van der Waals surface area contributed by atoms with Crippen LogP contribution in [0.5, 0.6) is 0 Å².